The standard InChI is InChI=1S/C23H19N3O4/c1-2-14-25-22(27)20(16-10-12-17(13-11-16)26(29)30)21(23(25)28)24-19-9-5-7-15-6-3-4-8-18(15)19/h3-13,24H,2,14H2,1H3. The molecule has 0 saturated heterocycles. The van der Waals surface area contributed by atoms with E-state index in [0.717, 1.165) is 10.8 Å². The number of rotatable bonds is 6. The molecule has 0 aromatic heterocycles. The first-order valence-electron chi connectivity index (χ1n) is 9.61. The fraction of sp³-hybridized carbons (Fsp3) is 0.130. The Labute approximate surface area is 172 Å². The summed E-state index contributed by atoms with van der Waals surface area (Å²) < 4.78 is 0. The van der Waals surface area contributed by atoms with Gasteiger partial charge in [0.05, 0.1) is 10.5 Å². The summed E-state index contributed by atoms with van der Waals surface area (Å²) >= 11 is 0. The van der Waals surface area contributed by atoms with Crippen LogP contribution in [0.15, 0.2) is 72.4 Å². The van der Waals surface area contributed by atoms with Crippen molar-refractivity contribution in [2.75, 3.05) is 11.9 Å². The van der Waals surface area contributed by atoms with Crippen LogP contribution >= 0.6 is 0 Å². The second kappa shape index (κ2) is 7.79. The molecular weight excluding hydrogens is 382 g/mol. The van der Waals surface area contributed by atoms with Crippen molar-refractivity contribution in [1.29, 1.82) is 0 Å². The first-order chi connectivity index (χ1) is 14.5. The lowest BCUT2D eigenvalue weighted by molar-refractivity contribution is -0.384. The van der Waals surface area contributed by atoms with Crippen molar-refractivity contribution in [2.24, 2.45) is 0 Å². The van der Waals surface area contributed by atoms with Gasteiger partial charge in [-0.2, -0.15) is 0 Å². The van der Waals surface area contributed by atoms with Gasteiger partial charge >= 0.3 is 0 Å². The normalized spacial score (nSPS) is 14.0. The van der Waals surface area contributed by atoms with Crippen LogP contribution in [0.25, 0.3) is 16.3 Å². The second-order valence-corrected chi connectivity index (χ2v) is 6.97. The van der Waals surface area contributed by atoms with Gasteiger partial charge in [0.2, 0.25) is 0 Å². The Kier molecular flexibility index (Phi) is 5.02. The Balaban J connectivity index is 1.83. The molecule has 3 aromatic carbocycles. The number of amides is 2. The molecule has 1 N–H and O–H groups in total. The monoisotopic (exact) mass is 401 g/mol. The first-order valence-corrected chi connectivity index (χ1v) is 9.61. The molecule has 7 heteroatoms. The van der Waals surface area contributed by atoms with E-state index in [9.17, 15) is 19.7 Å². The SMILES string of the molecule is CCCN1C(=O)C(Nc2cccc3ccccc23)=C(c2ccc([N+](=O)[O-])cc2)C1=O. The van der Waals surface area contributed by atoms with Crippen molar-refractivity contribution in [3.05, 3.63) is 88.1 Å². The molecule has 1 aliphatic heterocycles. The summed E-state index contributed by atoms with van der Waals surface area (Å²) in [6.45, 7) is 2.19. The van der Waals surface area contributed by atoms with Crippen LogP contribution in [0.5, 0.6) is 0 Å². The maximum absolute atomic E-state index is 13.1. The molecule has 0 aliphatic carbocycles. The number of imide groups is 1. The third-order valence-corrected chi connectivity index (χ3v) is 5.03. The summed E-state index contributed by atoms with van der Waals surface area (Å²) in [5.74, 6) is -0.804. The molecule has 2 amide bonds. The minimum absolute atomic E-state index is 0.0786. The summed E-state index contributed by atoms with van der Waals surface area (Å²) in [6.07, 6.45) is 0.632. The van der Waals surface area contributed by atoms with Crippen molar-refractivity contribution in [3.63, 3.8) is 0 Å². The van der Waals surface area contributed by atoms with E-state index in [1.54, 1.807) is 0 Å². The largest absolute Gasteiger partial charge is 0.350 e. The Bertz CT molecular complexity index is 1190. The Morgan fingerprint density at radius 3 is 2.33 bits per heavy atom. The van der Waals surface area contributed by atoms with Gasteiger partial charge in [0, 0.05) is 29.8 Å². The Morgan fingerprint density at radius 1 is 0.933 bits per heavy atom. The minimum Gasteiger partial charge on any atom is -0.350 e. The van der Waals surface area contributed by atoms with Crippen molar-refractivity contribution in [3.8, 4) is 0 Å². The molecule has 7 nitrogen and oxygen atoms in total. The average Bonchev–Trinajstić information content (AvgIpc) is 2.98. The van der Waals surface area contributed by atoms with Gasteiger partial charge in [-0.3, -0.25) is 24.6 Å². The summed E-state index contributed by atoms with van der Waals surface area (Å²) in [7, 11) is 0. The zero-order chi connectivity index (χ0) is 21.3. The zero-order valence-electron chi connectivity index (χ0n) is 16.3. The smallest absolute Gasteiger partial charge is 0.278 e. The van der Waals surface area contributed by atoms with Crippen molar-refractivity contribution in [2.45, 2.75) is 13.3 Å². The van der Waals surface area contributed by atoms with Gasteiger partial charge in [-0.1, -0.05) is 43.3 Å². The van der Waals surface area contributed by atoms with E-state index in [2.05, 4.69) is 5.32 Å². The zero-order valence-corrected chi connectivity index (χ0v) is 16.3. The highest BCUT2D eigenvalue weighted by Gasteiger charge is 2.38. The van der Waals surface area contributed by atoms with Gasteiger partial charge in [-0.05, 0) is 35.6 Å². The molecule has 3 aromatic rings. The molecule has 30 heavy (non-hydrogen) atoms. The minimum atomic E-state index is -0.502. The third kappa shape index (κ3) is 3.30. The number of hydrogen-bond acceptors (Lipinski definition) is 5. The fourth-order valence-electron chi connectivity index (χ4n) is 3.61. The number of nitro benzene ring substituents is 1. The molecule has 0 bridgehead atoms. The van der Waals surface area contributed by atoms with E-state index < -0.39 is 16.7 Å². The summed E-state index contributed by atoms with van der Waals surface area (Å²) in [4.78, 5) is 37.8. The lowest BCUT2D eigenvalue weighted by Crippen LogP contribution is -2.33. The van der Waals surface area contributed by atoms with E-state index in [1.165, 1.54) is 29.2 Å². The topological polar surface area (TPSA) is 92.6 Å². The quantitative estimate of drug-likeness (QED) is 0.377. The molecule has 1 aliphatic rings. The second-order valence-electron chi connectivity index (χ2n) is 6.97. The number of nitrogens with one attached hydrogen (secondary N) is 1. The number of nitro groups is 1. The number of carbonyl (C=O) groups excluding carboxylic acids is 2. The number of nitrogens with zero attached hydrogens (tertiary/aromatic N) is 2. The van der Waals surface area contributed by atoms with Gasteiger partial charge < -0.3 is 5.32 Å². The van der Waals surface area contributed by atoms with Crippen LogP contribution in [0, 0.1) is 10.1 Å². The maximum atomic E-state index is 13.1. The predicted octanol–water partition coefficient (Wildman–Crippen LogP) is 4.35. The van der Waals surface area contributed by atoms with Crippen LogP contribution in [0.2, 0.25) is 0 Å². The van der Waals surface area contributed by atoms with E-state index in [4.69, 9.17) is 0 Å². The molecule has 4 rings (SSSR count). The summed E-state index contributed by atoms with van der Waals surface area (Å²) in [5.41, 5.74) is 1.49. The molecule has 0 unspecified atom stereocenters. The van der Waals surface area contributed by atoms with E-state index >= 15 is 0 Å². The fourth-order valence-corrected chi connectivity index (χ4v) is 3.61. The molecule has 1 heterocycles. The van der Waals surface area contributed by atoms with Crippen molar-refractivity contribution >= 4 is 39.5 Å². The molecule has 0 radical (unpaired) electrons. The molecule has 0 spiro atoms. The van der Waals surface area contributed by atoms with Crippen molar-refractivity contribution < 1.29 is 14.5 Å². The van der Waals surface area contributed by atoms with Crippen LogP contribution < -0.4 is 5.32 Å². The molecule has 0 saturated carbocycles. The van der Waals surface area contributed by atoms with Gasteiger partial charge in [0.15, 0.2) is 0 Å². The van der Waals surface area contributed by atoms with Gasteiger partial charge in [-0.25, -0.2) is 0 Å². The van der Waals surface area contributed by atoms with E-state index in [0.29, 0.717) is 24.2 Å². The van der Waals surface area contributed by atoms with Crippen LogP contribution in [0.3, 0.4) is 0 Å². The van der Waals surface area contributed by atoms with Gasteiger partial charge in [0.25, 0.3) is 17.5 Å². The van der Waals surface area contributed by atoms with E-state index in [-0.39, 0.29) is 17.0 Å². The predicted molar refractivity (Wildman–Crippen MR) is 115 cm³/mol. The average molecular weight is 401 g/mol. The van der Waals surface area contributed by atoms with Crippen LogP contribution in [-0.4, -0.2) is 28.2 Å². The van der Waals surface area contributed by atoms with Gasteiger partial charge in [-0.15, -0.1) is 0 Å². The Hall–Kier alpha value is -4.00. The number of fused-ring (bicyclic) bond motifs is 1. The third-order valence-electron chi connectivity index (χ3n) is 5.03. The van der Waals surface area contributed by atoms with Crippen LogP contribution in [0.1, 0.15) is 18.9 Å². The van der Waals surface area contributed by atoms with Crippen molar-refractivity contribution in [1.82, 2.24) is 4.90 Å². The van der Waals surface area contributed by atoms with E-state index in [1.807, 2.05) is 49.4 Å². The lowest BCUT2D eigenvalue weighted by atomic mass is 10.0. The first kappa shape index (κ1) is 19.3. The molecule has 0 fully saturated rings. The molecular formula is C23H19N3O4. The van der Waals surface area contributed by atoms with Gasteiger partial charge in [0.1, 0.15) is 5.70 Å². The lowest BCUT2D eigenvalue weighted by Gasteiger charge is -2.14. The number of anilines is 1. The summed E-state index contributed by atoms with van der Waals surface area (Å²) in [5, 5.41) is 16.1. The highest BCUT2D eigenvalue weighted by atomic mass is 16.6. The molecule has 0 atom stereocenters. The highest BCUT2D eigenvalue weighted by molar-refractivity contribution is 6.36. The number of carbonyl (C=O) groups is 2. The summed E-state index contributed by atoms with van der Waals surface area (Å²) in [6, 6.07) is 19.1. The maximum Gasteiger partial charge on any atom is 0.278 e. The highest BCUT2D eigenvalue weighted by Crippen LogP contribution is 2.33. The number of benzene rings is 3. The number of non-ortho nitro benzene ring substituents is 1. The van der Waals surface area contributed by atoms with Crippen LogP contribution in [-0.2, 0) is 9.59 Å². The Morgan fingerprint density at radius 2 is 1.63 bits per heavy atom. The van der Waals surface area contributed by atoms with Crippen LogP contribution in [0.4, 0.5) is 11.4 Å². The molecule has 150 valence electrons. The number of hydrogen-bond donors (Lipinski definition) is 1.